The number of aliphatic hydroxyl groups is 2. The number of carbonyl (C=O) groups is 1. The average Bonchev–Trinajstić information content (AvgIpc) is 3.12. The Balaban J connectivity index is 0.000000237. The van der Waals surface area contributed by atoms with Gasteiger partial charge in [-0.25, -0.2) is 4.79 Å². The second-order valence-corrected chi connectivity index (χ2v) is 6.68. The van der Waals surface area contributed by atoms with E-state index in [2.05, 4.69) is 29.5 Å². The number of fused-ring (bicyclic) bond motifs is 3. The van der Waals surface area contributed by atoms with E-state index in [1.54, 1.807) is 6.92 Å². The number of benzene rings is 2. The molecule has 0 saturated carbocycles. The van der Waals surface area contributed by atoms with Gasteiger partial charge in [0.15, 0.2) is 0 Å². The van der Waals surface area contributed by atoms with Crippen molar-refractivity contribution >= 4 is 5.97 Å². The predicted molar refractivity (Wildman–Crippen MR) is 111 cm³/mol. The molecule has 0 heterocycles. The van der Waals surface area contributed by atoms with Gasteiger partial charge in [-0.05, 0) is 29.7 Å². The summed E-state index contributed by atoms with van der Waals surface area (Å²) in [5.41, 5.74) is 4.73. The Labute approximate surface area is 171 Å². The fraction of sp³-hybridized carbons (Fsp3) is 0.348. The monoisotopic (exact) mass is 400 g/mol. The highest BCUT2D eigenvalue weighted by atomic mass is 16.5. The van der Waals surface area contributed by atoms with E-state index in [1.165, 1.54) is 24.3 Å². The maximum atomic E-state index is 11.3. The summed E-state index contributed by atoms with van der Waals surface area (Å²) in [4.78, 5) is 11.3. The zero-order chi connectivity index (χ0) is 21.2. The van der Waals surface area contributed by atoms with Crippen molar-refractivity contribution in [3.63, 3.8) is 0 Å². The Hall–Kier alpha value is -2.51. The number of carbonyl (C=O) groups excluding carboxylic acids is 1. The largest absolute Gasteiger partial charge is 0.423 e. The fourth-order valence-corrected chi connectivity index (χ4v) is 2.94. The topological polar surface area (TPSA) is 85.2 Å². The average molecular weight is 400 g/mol. The molecule has 29 heavy (non-hydrogen) atoms. The highest BCUT2D eigenvalue weighted by Gasteiger charge is 2.21. The summed E-state index contributed by atoms with van der Waals surface area (Å²) >= 11 is 0. The normalized spacial score (nSPS) is 13.4. The SMILES string of the molecule is C=CC(=O)Oc1cccc2c1Cc1ccccc1-2.COCC(O)COC(C)CO. The van der Waals surface area contributed by atoms with Gasteiger partial charge in [0.05, 0.1) is 25.9 Å². The van der Waals surface area contributed by atoms with Crippen LogP contribution in [0.5, 0.6) is 5.75 Å². The molecule has 0 aliphatic heterocycles. The lowest BCUT2D eigenvalue weighted by atomic mass is 10.1. The van der Waals surface area contributed by atoms with Gasteiger partial charge in [0, 0.05) is 25.2 Å². The Bertz CT molecular complexity index is 817. The van der Waals surface area contributed by atoms with Crippen LogP contribution in [0.2, 0.25) is 0 Å². The van der Waals surface area contributed by atoms with Crippen molar-refractivity contribution in [3.8, 4) is 16.9 Å². The summed E-state index contributed by atoms with van der Waals surface area (Å²) in [6.07, 6.45) is 1.17. The predicted octanol–water partition coefficient (Wildman–Crippen LogP) is 2.74. The van der Waals surface area contributed by atoms with E-state index < -0.39 is 12.1 Å². The first-order valence-electron chi connectivity index (χ1n) is 9.44. The van der Waals surface area contributed by atoms with Gasteiger partial charge in [-0.1, -0.05) is 43.0 Å². The molecule has 3 rings (SSSR count). The number of methoxy groups -OCH3 is 1. The highest BCUT2D eigenvalue weighted by molar-refractivity contribution is 5.85. The summed E-state index contributed by atoms with van der Waals surface area (Å²) in [6, 6.07) is 14.1. The van der Waals surface area contributed by atoms with Gasteiger partial charge >= 0.3 is 5.97 Å². The van der Waals surface area contributed by atoms with E-state index in [0.717, 1.165) is 17.5 Å². The first kappa shape index (κ1) is 22.8. The summed E-state index contributed by atoms with van der Waals surface area (Å²) in [5, 5.41) is 17.6. The second-order valence-electron chi connectivity index (χ2n) is 6.68. The molecule has 6 heteroatoms. The summed E-state index contributed by atoms with van der Waals surface area (Å²) in [6.45, 7) is 5.59. The lowest BCUT2D eigenvalue weighted by Crippen LogP contribution is -2.25. The van der Waals surface area contributed by atoms with Crippen molar-refractivity contribution in [3.05, 3.63) is 66.2 Å². The maximum absolute atomic E-state index is 11.3. The number of esters is 1. The van der Waals surface area contributed by atoms with Crippen molar-refractivity contribution in [2.75, 3.05) is 26.9 Å². The summed E-state index contributed by atoms with van der Waals surface area (Å²) in [7, 11) is 1.51. The second kappa shape index (κ2) is 11.5. The van der Waals surface area contributed by atoms with Gasteiger partial charge in [0.25, 0.3) is 0 Å². The Kier molecular flexibility index (Phi) is 9.02. The molecule has 0 bridgehead atoms. The van der Waals surface area contributed by atoms with Crippen LogP contribution >= 0.6 is 0 Å². The first-order chi connectivity index (χ1) is 14.0. The lowest BCUT2D eigenvalue weighted by molar-refractivity contribution is -0.129. The molecule has 2 aromatic rings. The molecule has 0 fully saturated rings. The Morgan fingerprint density at radius 2 is 1.90 bits per heavy atom. The smallest absolute Gasteiger partial charge is 0.335 e. The number of aliphatic hydroxyl groups excluding tert-OH is 2. The molecule has 2 N–H and O–H groups in total. The van der Waals surface area contributed by atoms with Gasteiger partial charge in [-0.15, -0.1) is 0 Å². The van der Waals surface area contributed by atoms with E-state index in [1.807, 2.05) is 24.3 Å². The van der Waals surface area contributed by atoms with Crippen LogP contribution in [0.25, 0.3) is 11.1 Å². The quantitative estimate of drug-likeness (QED) is 0.344. The van der Waals surface area contributed by atoms with Crippen molar-refractivity contribution in [1.29, 1.82) is 0 Å². The van der Waals surface area contributed by atoms with Crippen molar-refractivity contribution < 1.29 is 29.2 Å². The third-order valence-corrected chi connectivity index (χ3v) is 4.37. The van der Waals surface area contributed by atoms with Crippen LogP contribution in [0.3, 0.4) is 0 Å². The molecular formula is C23H28O6. The van der Waals surface area contributed by atoms with Gasteiger partial charge in [-0.2, -0.15) is 0 Å². The van der Waals surface area contributed by atoms with Crippen LogP contribution in [0.4, 0.5) is 0 Å². The summed E-state index contributed by atoms with van der Waals surface area (Å²) in [5.74, 6) is 0.216. The highest BCUT2D eigenvalue weighted by Crippen LogP contribution is 2.40. The molecule has 6 nitrogen and oxygen atoms in total. The number of hydrogen-bond donors (Lipinski definition) is 2. The minimum Gasteiger partial charge on any atom is -0.423 e. The molecule has 0 saturated heterocycles. The van der Waals surface area contributed by atoms with Gasteiger partial charge in [-0.3, -0.25) is 0 Å². The third-order valence-electron chi connectivity index (χ3n) is 4.37. The van der Waals surface area contributed by atoms with E-state index in [4.69, 9.17) is 19.7 Å². The number of rotatable bonds is 8. The van der Waals surface area contributed by atoms with Crippen LogP contribution in [0.15, 0.2) is 55.1 Å². The molecule has 2 atom stereocenters. The molecule has 2 aromatic carbocycles. The molecule has 156 valence electrons. The molecule has 0 radical (unpaired) electrons. The van der Waals surface area contributed by atoms with Crippen LogP contribution in [0.1, 0.15) is 18.1 Å². The standard InChI is InChI=1S/C16H12O2.C7H16O4/c1-2-16(17)18-15-9-5-8-13-12-7-4-3-6-11(12)10-14(13)15;1-6(3-8)11-5-7(9)4-10-2/h2-9H,1,10H2;6-9H,3-5H2,1-2H3. The minimum atomic E-state index is -0.603. The van der Waals surface area contributed by atoms with E-state index in [0.29, 0.717) is 5.75 Å². The van der Waals surface area contributed by atoms with Crippen molar-refractivity contribution in [1.82, 2.24) is 0 Å². The van der Waals surface area contributed by atoms with Gasteiger partial charge in [0.2, 0.25) is 0 Å². The fourth-order valence-electron chi connectivity index (χ4n) is 2.94. The zero-order valence-electron chi connectivity index (χ0n) is 16.8. The Morgan fingerprint density at radius 3 is 2.59 bits per heavy atom. The van der Waals surface area contributed by atoms with Crippen LogP contribution in [-0.2, 0) is 20.7 Å². The molecule has 2 unspecified atom stereocenters. The van der Waals surface area contributed by atoms with Crippen LogP contribution < -0.4 is 4.74 Å². The molecular weight excluding hydrogens is 372 g/mol. The number of ether oxygens (including phenoxy) is 3. The van der Waals surface area contributed by atoms with E-state index in [-0.39, 0.29) is 25.9 Å². The molecule has 0 amide bonds. The van der Waals surface area contributed by atoms with E-state index in [9.17, 15) is 4.79 Å². The van der Waals surface area contributed by atoms with Crippen molar-refractivity contribution in [2.45, 2.75) is 25.6 Å². The van der Waals surface area contributed by atoms with Gasteiger partial charge in [0.1, 0.15) is 11.9 Å². The molecule has 1 aliphatic carbocycles. The number of hydrogen-bond acceptors (Lipinski definition) is 6. The van der Waals surface area contributed by atoms with Crippen LogP contribution in [0, 0.1) is 0 Å². The summed E-state index contributed by atoms with van der Waals surface area (Å²) < 4.78 is 15.0. The zero-order valence-corrected chi connectivity index (χ0v) is 16.8. The first-order valence-corrected chi connectivity index (χ1v) is 9.44. The van der Waals surface area contributed by atoms with Crippen molar-refractivity contribution in [2.24, 2.45) is 0 Å². The lowest BCUT2D eigenvalue weighted by Gasteiger charge is -2.13. The molecule has 0 spiro atoms. The molecule has 0 aromatic heterocycles. The van der Waals surface area contributed by atoms with Gasteiger partial charge < -0.3 is 24.4 Å². The maximum Gasteiger partial charge on any atom is 0.335 e. The molecule has 1 aliphatic rings. The minimum absolute atomic E-state index is 0.0281. The van der Waals surface area contributed by atoms with E-state index >= 15 is 0 Å². The Morgan fingerprint density at radius 1 is 1.17 bits per heavy atom. The van der Waals surface area contributed by atoms with Crippen LogP contribution in [-0.4, -0.2) is 55.3 Å². The third kappa shape index (κ3) is 6.51.